The summed E-state index contributed by atoms with van der Waals surface area (Å²) in [5.74, 6) is 4.42. The Labute approximate surface area is 70.2 Å². The van der Waals surface area contributed by atoms with E-state index in [2.05, 4.69) is 11.8 Å². The van der Waals surface area contributed by atoms with Crippen molar-refractivity contribution in [2.24, 2.45) is 0 Å². The standard InChI is InChI=1S/C10H7FO/c1-8-4-5-9(3-2-6-12)7-10(8)11/h4-7H,1H3. The number of rotatable bonds is 0. The first-order chi connectivity index (χ1) is 5.74. The van der Waals surface area contributed by atoms with E-state index in [0.29, 0.717) is 17.4 Å². The summed E-state index contributed by atoms with van der Waals surface area (Å²) in [4.78, 5) is 9.86. The van der Waals surface area contributed by atoms with Gasteiger partial charge in [0.1, 0.15) is 5.82 Å². The van der Waals surface area contributed by atoms with Crippen LogP contribution in [0.25, 0.3) is 0 Å². The van der Waals surface area contributed by atoms with E-state index in [0.717, 1.165) is 0 Å². The van der Waals surface area contributed by atoms with E-state index in [-0.39, 0.29) is 5.82 Å². The molecule has 0 aromatic heterocycles. The Bertz CT molecular complexity index is 358. The zero-order chi connectivity index (χ0) is 8.97. The van der Waals surface area contributed by atoms with Gasteiger partial charge in [0.15, 0.2) is 6.29 Å². The first kappa shape index (κ1) is 8.48. The number of carbonyl (C=O) groups excluding carboxylic acids is 1. The number of hydrogen-bond donors (Lipinski definition) is 0. The predicted molar refractivity (Wildman–Crippen MR) is 44.1 cm³/mol. The van der Waals surface area contributed by atoms with Crippen LogP contribution in [0.4, 0.5) is 4.39 Å². The Kier molecular flexibility index (Phi) is 2.60. The zero-order valence-corrected chi connectivity index (χ0v) is 6.60. The number of benzene rings is 1. The minimum absolute atomic E-state index is 0.298. The Balaban J connectivity index is 3.04. The van der Waals surface area contributed by atoms with E-state index in [4.69, 9.17) is 0 Å². The summed E-state index contributed by atoms with van der Waals surface area (Å²) < 4.78 is 12.9. The molecule has 0 saturated heterocycles. The third-order valence-corrected chi connectivity index (χ3v) is 1.45. The highest BCUT2D eigenvalue weighted by molar-refractivity contribution is 5.73. The molecule has 0 amide bonds. The Morgan fingerprint density at radius 3 is 2.83 bits per heavy atom. The molecular weight excluding hydrogens is 155 g/mol. The van der Waals surface area contributed by atoms with Crippen LogP contribution in [0.2, 0.25) is 0 Å². The monoisotopic (exact) mass is 162 g/mol. The molecule has 1 nitrogen and oxygen atoms in total. The molecule has 0 spiro atoms. The lowest BCUT2D eigenvalue weighted by Crippen LogP contribution is -1.83. The lowest BCUT2D eigenvalue weighted by Gasteiger charge is -1.94. The molecule has 0 heterocycles. The van der Waals surface area contributed by atoms with Gasteiger partial charge >= 0.3 is 0 Å². The molecular formula is C10H7FO. The topological polar surface area (TPSA) is 17.1 Å². The molecule has 0 saturated carbocycles. The van der Waals surface area contributed by atoms with Gasteiger partial charge in [0, 0.05) is 5.56 Å². The third kappa shape index (κ3) is 1.93. The molecule has 0 bridgehead atoms. The zero-order valence-electron chi connectivity index (χ0n) is 6.60. The smallest absolute Gasteiger partial charge is 0.193 e. The van der Waals surface area contributed by atoms with Crippen LogP contribution in [0.5, 0.6) is 0 Å². The average molecular weight is 162 g/mol. The Morgan fingerprint density at radius 1 is 1.50 bits per heavy atom. The Morgan fingerprint density at radius 2 is 2.25 bits per heavy atom. The second-order valence-corrected chi connectivity index (χ2v) is 2.35. The van der Waals surface area contributed by atoms with Crippen LogP contribution < -0.4 is 0 Å². The summed E-state index contributed by atoms with van der Waals surface area (Å²) in [7, 11) is 0. The lowest BCUT2D eigenvalue weighted by atomic mass is 10.1. The number of halogens is 1. The van der Waals surface area contributed by atoms with Gasteiger partial charge in [-0.1, -0.05) is 12.0 Å². The normalized spacial score (nSPS) is 8.50. The van der Waals surface area contributed by atoms with Crippen molar-refractivity contribution in [3.05, 3.63) is 35.1 Å². The van der Waals surface area contributed by atoms with Crippen molar-refractivity contribution >= 4 is 6.29 Å². The van der Waals surface area contributed by atoms with Gasteiger partial charge in [-0.3, -0.25) is 4.79 Å². The number of aryl methyl sites for hydroxylation is 1. The summed E-state index contributed by atoms with van der Waals surface area (Å²) in [5, 5.41) is 0. The largest absolute Gasteiger partial charge is 0.289 e. The molecule has 0 aliphatic carbocycles. The highest BCUT2D eigenvalue weighted by atomic mass is 19.1. The summed E-state index contributed by atoms with van der Waals surface area (Å²) in [6, 6.07) is 4.62. The number of hydrogen-bond acceptors (Lipinski definition) is 1. The van der Waals surface area contributed by atoms with E-state index < -0.39 is 0 Å². The van der Waals surface area contributed by atoms with E-state index >= 15 is 0 Å². The molecule has 2 heteroatoms. The highest BCUT2D eigenvalue weighted by Gasteiger charge is 1.95. The molecule has 0 radical (unpaired) electrons. The maximum Gasteiger partial charge on any atom is 0.193 e. The lowest BCUT2D eigenvalue weighted by molar-refractivity contribution is -0.103. The van der Waals surface area contributed by atoms with Crippen LogP contribution in [0.3, 0.4) is 0 Å². The van der Waals surface area contributed by atoms with Crippen LogP contribution in [0.1, 0.15) is 11.1 Å². The number of carbonyl (C=O) groups is 1. The van der Waals surface area contributed by atoms with Gasteiger partial charge in [0.2, 0.25) is 0 Å². The molecule has 0 atom stereocenters. The number of aldehydes is 1. The molecule has 1 aromatic carbocycles. The summed E-state index contributed by atoms with van der Waals surface area (Å²) in [6.07, 6.45) is 0.484. The van der Waals surface area contributed by atoms with Gasteiger partial charge in [-0.15, -0.1) is 0 Å². The van der Waals surface area contributed by atoms with Crippen molar-refractivity contribution in [1.29, 1.82) is 0 Å². The van der Waals surface area contributed by atoms with E-state index in [9.17, 15) is 9.18 Å². The fraction of sp³-hybridized carbons (Fsp3) is 0.100. The van der Waals surface area contributed by atoms with Gasteiger partial charge in [-0.05, 0) is 30.5 Å². The van der Waals surface area contributed by atoms with E-state index in [1.165, 1.54) is 6.07 Å². The van der Waals surface area contributed by atoms with Crippen molar-refractivity contribution in [2.75, 3.05) is 0 Å². The molecule has 12 heavy (non-hydrogen) atoms. The average Bonchev–Trinajstić information content (AvgIpc) is 2.07. The van der Waals surface area contributed by atoms with Crippen molar-refractivity contribution < 1.29 is 9.18 Å². The maximum atomic E-state index is 12.9. The van der Waals surface area contributed by atoms with E-state index in [1.54, 1.807) is 19.1 Å². The second kappa shape index (κ2) is 3.68. The first-order valence-electron chi connectivity index (χ1n) is 3.45. The van der Waals surface area contributed by atoms with Gasteiger partial charge in [0.25, 0.3) is 0 Å². The molecule has 0 N–H and O–H groups in total. The molecule has 1 rings (SSSR count). The van der Waals surface area contributed by atoms with Gasteiger partial charge < -0.3 is 0 Å². The van der Waals surface area contributed by atoms with Crippen LogP contribution in [0.15, 0.2) is 18.2 Å². The van der Waals surface area contributed by atoms with Gasteiger partial charge in [-0.25, -0.2) is 4.39 Å². The van der Waals surface area contributed by atoms with Crippen LogP contribution in [-0.4, -0.2) is 6.29 Å². The highest BCUT2D eigenvalue weighted by Crippen LogP contribution is 2.07. The molecule has 60 valence electrons. The van der Waals surface area contributed by atoms with Crippen molar-refractivity contribution in [1.82, 2.24) is 0 Å². The van der Waals surface area contributed by atoms with Crippen LogP contribution in [0, 0.1) is 24.6 Å². The molecule has 1 aromatic rings. The minimum Gasteiger partial charge on any atom is -0.289 e. The van der Waals surface area contributed by atoms with Crippen molar-refractivity contribution in [2.45, 2.75) is 6.92 Å². The fourth-order valence-electron chi connectivity index (χ4n) is 0.783. The quantitative estimate of drug-likeness (QED) is 0.419. The SMILES string of the molecule is Cc1ccc(C#CC=O)cc1F. The predicted octanol–water partition coefficient (Wildman–Crippen LogP) is 1.68. The van der Waals surface area contributed by atoms with Crippen molar-refractivity contribution in [3.8, 4) is 11.8 Å². The van der Waals surface area contributed by atoms with Crippen LogP contribution >= 0.6 is 0 Å². The summed E-state index contributed by atoms with van der Waals surface area (Å²) in [6.45, 7) is 1.67. The molecule has 0 unspecified atom stereocenters. The van der Waals surface area contributed by atoms with Crippen LogP contribution in [-0.2, 0) is 4.79 Å². The molecule has 0 aliphatic rings. The van der Waals surface area contributed by atoms with Gasteiger partial charge in [-0.2, -0.15) is 0 Å². The minimum atomic E-state index is -0.298. The Hall–Kier alpha value is -1.62. The molecule has 0 aliphatic heterocycles. The summed E-state index contributed by atoms with van der Waals surface area (Å²) >= 11 is 0. The maximum absolute atomic E-state index is 12.9. The first-order valence-corrected chi connectivity index (χ1v) is 3.45. The summed E-state index contributed by atoms with van der Waals surface area (Å²) in [5.41, 5.74) is 1.09. The third-order valence-electron chi connectivity index (χ3n) is 1.45. The van der Waals surface area contributed by atoms with E-state index in [1.807, 2.05) is 0 Å². The van der Waals surface area contributed by atoms with Crippen molar-refractivity contribution in [3.63, 3.8) is 0 Å². The van der Waals surface area contributed by atoms with Gasteiger partial charge in [0.05, 0.1) is 0 Å². The second-order valence-electron chi connectivity index (χ2n) is 2.35. The fourth-order valence-corrected chi connectivity index (χ4v) is 0.783. The molecule has 0 fully saturated rings.